The van der Waals surface area contributed by atoms with E-state index in [-0.39, 0.29) is 0 Å². The van der Waals surface area contributed by atoms with Gasteiger partial charge in [0.25, 0.3) is 0 Å². The summed E-state index contributed by atoms with van der Waals surface area (Å²) < 4.78 is 1.91. The molecule has 0 bridgehead atoms. The van der Waals surface area contributed by atoms with Crippen LogP contribution in [0.5, 0.6) is 0 Å². The molecular formula is C11H16N8S. The summed E-state index contributed by atoms with van der Waals surface area (Å²) in [7, 11) is 0. The van der Waals surface area contributed by atoms with Gasteiger partial charge in [0, 0.05) is 6.07 Å². The molecule has 1 aliphatic rings. The summed E-state index contributed by atoms with van der Waals surface area (Å²) in [5.74, 6) is 6.63. The second-order valence-electron chi connectivity index (χ2n) is 4.73. The number of nitrogen functional groups attached to an aromatic ring is 1. The number of tetrazole rings is 1. The Morgan fingerprint density at radius 1 is 1.35 bits per heavy atom. The molecule has 0 aliphatic heterocycles. The van der Waals surface area contributed by atoms with Crippen molar-refractivity contribution < 1.29 is 0 Å². The maximum absolute atomic E-state index is 5.40. The number of aromatic nitrogens is 6. The van der Waals surface area contributed by atoms with Crippen LogP contribution in [0.4, 0.5) is 5.82 Å². The number of rotatable bonds is 4. The fourth-order valence-corrected chi connectivity index (χ4v) is 3.28. The van der Waals surface area contributed by atoms with Gasteiger partial charge < -0.3 is 5.43 Å². The van der Waals surface area contributed by atoms with Gasteiger partial charge in [0.05, 0.1) is 6.04 Å². The highest BCUT2D eigenvalue weighted by Crippen LogP contribution is 2.33. The maximum Gasteiger partial charge on any atom is 0.215 e. The predicted octanol–water partition coefficient (Wildman–Crippen LogP) is 1.32. The van der Waals surface area contributed by atoms with Crippen LogP contribution in [-0.2, 0) is 0 Å². The van der Waals surface area contributed by atoms with Crippen molar-refractivity contribution in [2.24, 2.45) is 5.84 Å². The quantitative estimate of drug-likeness (QED) is 0.493. The Morgan fingerprint density at radius 3 is 2.90 bits per heavy atom. The minimum Gasteiger partial charge on any atom is -0.308 e. The molecule has 0 saturated heterocycles. The molecule has 0 amide bonds. The smallest absolute Gasteiger partial charge is 0.215 e. The van der Waals surface area contributed by atoms with Crippen molar-refractivity contribution in [1.29, 1.82) is 0 Å². The molecule has 2 heterocycles. The average molecular weight is 292 g/mol. The normalized spacial score (nSPS) is 15.7. The number of nitrogens with two attached hydrogens (primary N) is 1. The van der Waals surface area contributed by atoms with Crippen LogP contribution in [0.2, 0.25) is 0 Å². The van der Waals surface area contributed by atoms with Crippen LogP contribution in [0.3, 0.4) is 0 Å². The summed E-state index contributed by atoms with van der Waals surface area (Å²) in [5.41, 5.74) is 2.53. The van der Waals surface area contributed by atoms with Gasteiger partial charge in [-0.05, 0) is 42.0 Å². The van der Waals surface area contributed by atoms with Crippen LogP contribution in [0.25, 0.3) is 0 Å². The number of aryl methyl sites for hydroxylation is 1. The third kappa shape index (κ3) is 2.73. The molecule has 9 heteroatoms. The number of hydrogen-bond acceptors (Lipinski definition) is 8. The lowest BCUT2D eigenvalue weighted by Crippen LogP contribution is -2.10. The van der Waals surface area contributed by atoms with Crippen molar-refractivity contribution in [2.75, 3.05) is 5.43 Å². The van der Waals surface area contributed by atoms with E-state index < -0.39 is 0 Å². The molecule has 0 atom stereocenters. The standard InChI is InChI=1S/C11H16N8S/c1-7-13-9(15-12)6-10(14-7)20-11-16-17-18-19(11)8-4-2-3-5-8/h6,8H,2-5,12H2,1H3,(H,13,14,15). The van der Waals surface area contributed by atoms with Crippen LogP contribution < -0.4 is 11.3 Å². The number of anilines is 1. The summed E-state index contributed by atoms with van der Waals surface area (Å²) in [6.07, 6.45) is 4.75. The number of hydrogen-bond donors (Lipinski definition) is 2. The van der Waals surface area contributed by atoms with Crippen molar-refractivity contribution in [2.45, 2.75) is 48.8 Å². The summed E-state index contributed by atoms with van der Waals surface area (Å²) >= 11 is 1.43. The van der Waals surface area contributed by atoms with Gasteiger partial charge in [-0.25, -0.2) is 20.5 Å². The second kappa shape index (κ2) is 5.71. The Hall–Kier alpha value is -1.74. The Morgan fingerprint density at radius 2 is 2.15 bits per heavy atom. The molecule has 20 heavy (non-hydrogen) atoms. The van der Waals surface area contributed by atoms with Gasteiger partial charge >= 0.3 is 0 Å². The molecule has 0 radical (unpaired) electrons. The van der Waals surface area contributed by atoms with E-state index in [4.69, 9.17) is 5.84 Å². The van der Waals surface area contributed by atoms with Crippen molar-refractivity contribution in [3.8, 4) is 0 Å². The molecule has 2 aromatic rings. The molecule has 0 unspecified atom stereocenters. The van der Waals surface area contributed by atoms with E-state index in [0.29, 0.717) is 17.7 Å². The van der Waals surface area contributed by atoms with E-state index in [1.807, 2.05) is 11.6 Å². The Bertz CT molecular complexity index is 592. The molecule has 0 aromatic carbocycles. The van der Waals surface area contributed by atoms with Crippen molar-refractivity contribution in [1.82, 2.24) is 30.2 Å². The highest BCUT2D eigenvalue weighted by molar-refractivity contribution is 7.99. The summed E-state index contributed by atoms with van der Waals surface area (Å²) in [4.78, 5) is 8.53. The van der Waals surface area contributed by atoms with E-state index in [1.54, 1.807) is 6.07 Å². The first-order chi connectivity index (χ1) is 9.76. The molecule has 3 N–H and O–H groups in total. The van der Waals surface area contributed by atoms with Gasteiger partial charge in [0.1, 0.15) is 16.7 Å². The van der Waals surface area contributed by atoms with Crippen molar-refractivity contribution in [3.63, 3.8) is 0 Å². The lowest BCUT2D eigenvalue weighted by molar-refractivity contribution is 0.423. The maximum atomic E-state index is 5.40. The van der Waals surface area contributed by atoms with Crippen LogP contribution in [0, 0.1) is 6.92 Å². The zero-order chi connectivity index (χ0) is 13.9. The summed E-state index contributed by atoms with van der Waals surface area (Å²) in [5, 5.41) is 13.5. The van der Waals surface area contributed by atoms with Gasteiger partial charge in [-0.1, -0.05) is 12.8 Å². The van der Waals surface area contributed by atoms with E-state index >= 15 is 0 Å². The van der Waals surface area contributed by atoms with Crippen LogP contribution in [-0.4, -0.2) is 30.2 Å². The lowest BCUT2D eigenvalue weighted by atomic mass is 10.3. The zero-order valence-corrected chi connectivity index (χ0v) is 12.0. The molecule has 1 fully saturated rings. The number of nitrogens with one attached hydrogen (secondary N) is 1. The molecular weight excluding hydrogens is 276 g/mol. The van der Waals surface area contributed by atoms with Gasteiger partial charge in [-0.15, -0.1) is 5.10 Å². The van der Waals surface area contributed by atoms with Crippen LogP contribution in [0.1, 0.15) is 37.5 Å². The van der Waals surface area contributed by atoms with E-state index in [9.17, 15) is 0 Å². The predicted molar refractivity (Wildman–Crippen MR) is 74.0 cm³/mol. The summed E-state index contributed by atoms with van der Waals surface area (Å²) in [6, 6.07) is 2.19. The molecule has 0 spiro atoms. The molecule has 3 rings (SSSR count). The first kappa shape index (κ1) is 13.3. The SMILES string of the molecule is Cc1nc(NN)cc(Sc2nnnn2C2CCCC2)n1. The van der Waals surface area contributed by atoms with E-state index in [0.717, 1.165) is 23.0 Å². The Balaban J connectivity index is 1.84. The third-order valence-electron chi connectivity index (χ3n) is 3.29. The second-order valence-corrected chi connectivity index (χ2v) is 5.72. The van der Waals surface area contributed by atoms with Crippen molar-refractivity contribution >= 4 is 17.6 Å². The highest BCUT2D eigenvalue weighted by atomic mass is 32.2. The molecule has 1 aliphatic carbocycles. The molecule has 2 aromatic heterocycles. The fraction of sp³-hybridized carbons (Fsp3) is 0.545. The highest BCUT2D eigenvalue weighted by Gasteiger charge is 2.22. The molecule has 1 saturated carbocycles. The van der Waals surface area contributed by atoms with Gasteiger partial charge in [-0.3, -0.25) is 0 Å². The minimum atomic E-state index is 0.405. The van der Waals surface area contributed by atoms with E-state index in [1.165, 1.54) is 24.6 Å². The monoisotopic (exact) mass is 292 g/mol. The summed E-state index contributed by atoms with van der Waals surface area (Å²) in [6.45, 7) is 1.82. The topological polar surface area (TPSA) is 107 Å². The van der Waals surface area contributed by atoms with Crippen LogP contribution in [0.15, 0.2) is 16.2 Å². The number of nitrogens with zero attached hydrogens (tertiary/aromatic N) is 6. The van der Waals surface area contributed by atoms with Crippen LogP contribution >= 0.6 is 11.8 Å². The zero-order valence-electron chi connectivity index (χ0n) is 11.2. The van der Waals surface area contributed by atoms with Gasteiger partial charge in [0.15, 0.2) is 0 Å². The van der Waals surface area contributed by atoms with Gasteiger partial charge in [-0.2, -0.15) is 0 Å². The van der Waals surface area contributed by atoms with E-state index in [2.05, 4.69) is 30.9 Å². The molecule has 8 nitrogen and oxygen atoms in total. The largest absolute Gasteiger partial charge is 0.308 e. The van der Waals surface area contributed by atoms with Crippen molar-refractivity contribution in [3.05, 3.63) is 11.9 Å². The average Bonchev–Trinajstić information content (AvgIpc) is 3.08. The third-order valence-corrected chi connectivity index (χ3v) is 4.16. The fourth-order valence-electron chi connectivity index (χ4n) is 2.39. The Labute approximate surface area is 120 Å². The first-order valence-electron chi connectivity index (χ1n) is 6.54. The first-order valence-corrected chi connectivity index (χ1v) is 7.36. The number of hydrazine groups is 1. The Kier molecular flexibility index (Phi) is 3.79. The molecule has 106 valence electrons. The van der Waals surface area contributed by atoms with Gasteiger partial charge in [0.2, 0.25) is 5.16 Å². The lowest BCUT2D eigenvalue weighted by Gasteiger charge is -2.10. The minimum absolute atomic E-state index is 0.405.